The fourth-order valence-electron chi connectivity index (χ4n) is 3.13. The van der Waals surface area contributed by atoms with Gasteiger partial charge in [-0.15, -0.1) is 0 Å². The van der Waals surface area contributed by atoms with E-state index in [0.29, 0.717) is 18.6 Å². The maximum Gasteiger partial charge on any atom is 0.327 e. The number of benzene rings is 1. The Kier molecular flexibility index (Phi) is 12.8. The highest BCUT2D eigenvalue weighted by Gasteiger charge is 2.36. The normalized spacial score (nSPS) is 13.4. The van der Waals surface area contributed by atoms with E-state index in [9.17, 15) is 22.6 Å². The van der Waals surface area contributed by atoms with Crippen LogP contribution < -0.4 is 4.74 Å². The minimum absolute atomic E-state index is 0.244. The van der Waals surface area contributed by atoms with Gasteiger partial charge in [0.25, 0.3) is 10.1 Å². The summed E-state index contributed by atoms with van der Waals surface area (Å²) in [6, 6.07) is 9.09. The minimum atomic E-state index is -4.89. The number of aliphatic carboxylic acids is 1. The van der Waals surface area contributed by atoms with Crippen molar-refractivity contribution in [2.75, 3.05) is 6.61 Å². The van der Waals surface area contributed by atoms with Crippen molar-refractivity contribution in [3.63, 3.8) is 0 Å². The minimum Gasteiger partial charge on any atom is -0.493 e. The molecule has 0 heterocycles. The van der Waals surface area contributed by atoms with Crippen LogP contribution in [-0.2, 0) is 24.4 Å². The van der Waals surface area contributed by atoms with Crippen LogP contribution in [0.3, 0.4) is 0 Å². The van der Waals surface area contributed by atoms with Gasteiger partial charge in [0.05, 0.1) is 13.0 Å². The van der Waals surface area contributed by atoms with E-state index in [1.54, 1.807) is 12.1 Å². The van der Waals surface area contributed by atoms with E-state index in [0.717, 1.165) is 25.7 Å². The van der Waals surface area contributed by atoms with E-state index < -0.39 is 39.8 Å². The first-order valence-corrected chi connectivity index (χ1v) is 12.3. The van der Waals surface area contributed by atoms with Gasteiger partial charge in [-0.3, -0.25) is 14.1 Å². The molecule has 0 aromatic heterocycles. The largest absolute Gasteiger partial charge is 0.493 e. The molecule has 31 heavy (non-hydrogen) atoms. The van der Waals surface area contributed by atoms with Crippen molar-refractivity contribution in [2.45, 2.75) is 82.5 Å². The SMILES string of the molecule is CCCCCCCCCC(CCOc1ccccc1)OC(=O)C(CC(=O)O)S(=O)(=O)O. The standard InChI is InChI=1S/C22H34O8S/c1-2-3-4-5-6-7-9-14-19(15-16-29-18-12-10-8-11-13-18)30-22(25)20(17-21(23)24)31(26,27)28/h8,10-13,19-20H,2-7,9,14-17H2,1H3,(H,23,24)(H,26,27,28). The Labute approximate surface area is 184 Å². The second-order valence-electron chi connectivity index (χ2n) is 7.52. The molecule has 0 spiro atoms. The molecular weight excluding hydrogens is 424 g/mol. The predicted molar refractivity (Wildman–Crippen MR) is 117 cm³/mol. The molecule has 8 nitrogen and oxygen atoms in total. The smallest absolute Gasteiger partial charge is 0.327 e. The third-order valence-corrected chi connectivity index (χ3v) is 5.92. The first kappa shape index (κ1) is 26.9. The number of hydrogen-bond donors (Lipinski definition) is 2. The highest BCUT2D eigenvalue weighted by molar-refractivity contribution is 7.87. The third kappa shape index (κ3) is 12.3. The number of hydrogen-bond acceptors (Lipinski definition) is 6. The van der Waals surface area contributed by atoms with Crippen LogP contribution in [0, 0.1) is 0 Å². The van der Waals surface area contributed by atoms with E-state index in [1.807, 2.05) is 18.2 Å². The highest BCUT2D eigenvalue weighted by atomic mass is 32.2. The molecule has 0 bridgehead atoms. The van der Waals surface area contributed by atoms with Gasteiger partial charge in [0.1, 0.15) is 11.9 Å². The van der Waals surface area contributed by atoms with Gasteiger partial charge in [0, 0.05) is 6.42 Å². The Morgan fingerprint density at radius 2 is 1.58 bits per heavy atom. The van der Waals surface area contributed by atoms with Crippen molar-refractivity contribution in [2.24, 2.45) is 0 Å². The molecule has 0 aliphatic carbocycles. The van der Waals surface area contributed by atoms with Gasteiger partial charge >= 0.3 is 11.9 Å². The van der Waals surface area contributed by atoms with Gasteiger partial charge in [-0.1, -0.05) is 63.6 Å². The summed E-state index contributed by atoms with van der Waals surface area (Å²) in [7, 11) is -4.89. The maximum atomic E-state index is 12.3. The van der Waals surface area contributed by atoms with Crippen LogP contribution in [0.2, 0.25) is 0 Å². The predicted octanol–water partition coefficient (Wildman–Crippen LogP) is 4.24. The molecule has 0 saturated carbocycles. The van der Waals surface area contributed by atoms with E-state index >= 15 is 0 Å². The topological polar surface area (TPSA) is 127 Å². The first-order chi connectivity index (χ1) is 14.7. The van der Waals surface area contributed by atoms with Crippen LogP contribution in [0.4, 0.5) is 0 Å². The fraction of sp³-hybridized carbons (Fsp3) is 0.636. The lowest BCUT2D eigenvalue weighted by molar-refractivity contribution is -0.152. The molecule has 176 valence electrons. The summed E-state index contributed by atoms with van der Waals surface area (Å²) in [5.41, 5.74) is 0. The lowest BCUT2D eigenvalue weighted by Crippen LogP contribution is -2.36. The molecule has 1 aromatic carbocycles. The summed E-state index contributed by atoms with van der Waals surface area (Å²) < 4.78 is 43.0. The molecule has 0 aliphatic rings. The summed E-state index contributed by atoms with van der Waals surface area (Å²) in [5, 5.41) is 6.71. The fourth-order valence-corrected chi connectivity index (χ4v) is 3.78. The zero-order chi connectivity index (χ0) is 23.1. The lowest BCUT2D eigenvalue weighted by Gasteiger charge is -2.20. The van der Waals surface area contributed by atoms with Crippen LogP contribution in [0.15, 0.2) is 30.3 Å². The molecule has 2 unspecified atom stereocenters. The van der Waals surface area contributed by atoms with Gasteiger partial charge in [0.15, 0.2) is 5.25 Å². The Morgan fingerprint density at radius 1 is 0.968 bits per heavy atom. The molecule has 0 saturated heterocycles. The van der Waals surface area contributed by atoms with Crippen LogP contribution in [0.25, 0.3) is 0 Å². The molecule has 9 heteroatoms. The van der Waals surface area contributed by atoms with Crippen LogP contribution in [0.1, 0.15) is 71.1 Å². The number of esters is 1. The lowest BCUT2D eigenvalue weighted by atomic mass is 10.0. The van der Waals surface area contributed by atoms with Crippen molar-refractivity contribution in [3.8, 4) is 5.75 Å². The van der Waals surface area contributed by atoms with E-state index in [2.05, 4.69) is 6.92 Å². The zero-order valence-corrected chi connectivity index (χ0v) is 18.9. The Bertz CT molecular complexity index is 748. The summed E-state index contributed by atoms with van der Waals surface area (Å²) in [6.07, 6.45) is 6.64. The zero-order valence-electron chi connectivity index (χ0n) is 18.1. The third-order valence-electron chi connectivity index (χ3n) is 4.85. The molecule has 2 N–H and O–H groups in total. The Morgan fingerprint density at radius 3 is 2.16 bits per heavy atom. The number of rotatable bonds is 17. The van der Waals surface area contributed by atoms with Crippen LogP contribution in [0.5, 0.6) is 5.75 Å². The monoisotopic (exact) mass is 458 g/mol. The summed E-state index contributed by atoms with van der Waals surface area (Å²) >= 11 is 0. The molecule has 0 aliphatic heterocycles. The average molecular weight is 459 g/mol. The average Bonchev–Trinajstić information content (AvgIpc) is 2.71. The van der Waals surface area contributed by atoms with E-state index in [-0.39, 0.29) is 6.61 Å². The summed E-state index contributed by atoms with van der Waals surface area (Å²) in [5.74, 6) is -2.11. The quantitative estimate of drug-likeness (QED) is 0.202. The number of unbranched alkanes of at least 4 members (excludes halogenated alkanes) is 6. The highest BCUT2D eigenvalue weighted by Crippen LogP contribution is 2.17. The Balaban J connectivity index is 2.63. The second kappa shape index (κ2) is 14.8. The van der Waals surface area contributed by atoms with E-state index in [1.165, 1.54) is 19.3 Å². The van der Waals surface area contributed by atoms with Gasteiger partial charge < -0.3 is 14.6 Å². The number of carbonyl (C=O) groups is 2. The molecule has 2 atom stereocenters. The maximum absolute atomic E-state index is 12.3. The molecule has 0 radical (unpaired) electrons. The number of ether oxygens (including phenoxy) is 2. The molecule has 1 rings (SSSR count). The summed E-state index contributed by atoms with van der Waals surface area (Å²) in [6.45, 7) is 2.40. The van der Waals surface area contributed by atoms with Crippen molar-refractivity contribution in [1.82, 2.24) is 0 Å². The van der Waals surface area contributed by atoms with Gasteiger partial charge in [-0.05, 0) is 25.0 Å². The number of carboxylic acid groups (broad SMARTS) is 1. The van der Waals surface area contributed by atoms with Crippen molar-refractivity contribution in [1.29, 1.82) is 0 Å². The van der Waals surface area contributed by atoms with Gasteiger partial charge in [-0.25, -0.2) is 0 Å². The van der Waals surface area contributed by atoms with E-state index in [4.69, 9.17) is 14.6 Å². The van der Waals surface area contributed by atoms with Crippen molar-refractivity contribution < 1.29 is 37.1 Å². The first-order valence-electron chi connectivity index (χ1n) is 10.8. The summed E-state index contributed by atoms with van der Waals surface area (Å²) in [4.78, 5) is 23.2. The number of carboxylic acids is 1. The van der Waals surface area contributed by atoms with Crippen molar-refractivity contribution >= 4 is 22.1 Å². The second-order valence-corrected chi connectivity index (χ2v) is 9.12. The number of carbonyl (C=O) groups excluding carboxylic acids is 1. The molecule has 0 amide bonds. The molecule has 1 aromatic rings. The van der Waals surface area contributed by atoms with Gasteiger partial charge in [-0.2, -0.15) is 8.42 Å². The molecule has 0 fully saturated rings. The Hall–Kier alpha value is -2.13. The van der Waals surface area contributed by atoms with Crippen molar-refractivity contribution in [3.05, 3.63) is 30.3 Å². The van der Waals surface area contributed by atoms with Crippen LogP contribution in [-0.4, -0.2) is 48.0 Å². The number of para-hydroxylation sites is 1. The molecular formula is C22H34O8S. The van der Waals surface area contributed by atoms with Gasteiger partial charge in [0.2, 0.25) is 0 Å². The van der Waals surface area contributed by atoms with Crippen LogP contribution >= 0.6 is 0 Å².